The van der Waals surface area contributed by atoms with Crippen LogP contribution < -0.4 is 0 Å². The van der Waals surface area contributed by atoms with Gasteiger partial charge in [0.2, 0.25) is 5.91 Å². The third-order valence-corrected chi connectivity index (χ3v) is 2.89. The molecule has 1 rings (SSSR count). The van der Waals surface area contributed by atoms with Crippen molar-refractivity contribution in [1.82, 2.24) is 4.90 Å². The van der Waals surface area contributed by atoms with Crippen LogP contribution in [0.4, 0.5) is 0 Å². The number of carbonyl (C=O) groups is 2. The first-order valence-electron chi connectivity index (χ1n) is 6.49. The van der Waals surface area contributed by atoms with Crippen LogP contribution in [0.5, 0.6) is 0 Å². The highest BCUT2D eigenvalue weighted by Crippen LogP contribution is 2.08. The summed E-state index contributed by atoms with van der Waals surface area (Å²) in [5, 5.41) is 8.72. The van der Waals surface area contributed by atoms with Crippen LogP contribution in [0.2, 0.25) is 0 Å². The third kappa shape index (κ3) is 5.11. The van der Waals surface area contributed by atoms with Crippen molar-refractivity contribution in [2.45, 2.75) is 6.92 Å². The van der Waals surface area contributed by atoms with E-state index in [-0.39, 0.29) is 11.8 Å². The van der Waals surface area contributed by atoms with E-state index in [0.29, 0.717) is 12.1 Å². The lowest BCUT2D eigenvalue weighted by Gasteiger charge is -2.15. The quantitative estimate of drug-likeness (QED) is 0.614. The number of hydrogen-bond donors (Lipinski definition) is 0. The fourth-order valence-corrected chi connectivity index (χ4v) is 1.68. The van der Waals surface area contributed by atoms with Crippen LogP contribution in [0.15, 0.2) is 30.3 Å². The lowest BCUT2D eigenvalue weighted by atomic mass is 10.1. The van der Waals surface area contributed by atoms with E-state index in [9.17, 15) is 9.59 Å². The summed E-state index contributed by atoms with van der Waals surface area (Å²) < 4.78 is 4.61. The zero-order chi connectivity index (χ0) is 15.8. The standard InChI is InChI=1S/C16H18N2O3/c1-12(10-17)11-18(2)15(19)9-6-13-4-7-14(8-5-13)16(20)21-3/h4-9,12H,11H2,1-3H3/b9-6+/t12-/m1/s1. The number of esters is 1. The van der Waals surface area contributed by atoms with Crippen LogP contribution in [-0.4, -0.2) is 37.5 Å². The van der Waals surface area contributed by atoms with E-state index in [1.807, 2.05) is 0 Å². The van der Waals surface area contributed by atoms with Crippen molar-refractivity contribution in [3.63, 3.8) is 0 Å². The Labute approximate surface area is 124 Å². The smallest absolute Gasteiger partial charge is 0.337 e. The molecule has 1 aromatic rings. The first-order valence-corrected chi connectivity index (χ1v) is 6.49. The molecule has 0 aliphatic carbocycles. The molecule has 5 heteroatoms. The van der Waals surface area contributed by atoms with Crippen molar-refractivity contribution in [3.05, 3.63) is 41.5 Å². The van der Waals surface area contributed by atoms with Gasteiger partial charge in [0.05, 0.1) is 24.7 Å². The van der Waals surface area contributed by atoms with E-state index < -0.39 is 5.97 Å². The molecule has 0 aliphatic heterocycles. The maximum atomic E-state index is 11.8. The molecule has 0 N–H and O–H groups in total. The number of ether oxygens (including phenoxy) is 1. The first kappa shape index (κ1) is 16.4. The Hall–Kier alpha value is -2.61. The van der Waals surface area contributed by atoms with Crippen molar-refractivity contribution in [2.75, 3.05) is 20.7 Å². The summed E-state index contributed by atoms with van der Waals surface area (Å²) in [5.41, 5.74) is 1.26. The maximum absolute atomic E-state index is 11.8. The fraction of sp³-hybridized carbons (Fsp3) is 0.312. The molecule has 0 unspecified atom stereocenters. The zero-order valence-electron chi connectivity index (χ0n) is 12.4. The SMILES string of the molecule is COC(=O)c1ccc(/C=C/C(=O)N(C)C[C@H](C)C#N)cc1. The molecule has 0 heterocycles. The Morgan fingerprint density at radius 1 is 1.38 bits per heavy atom. The Bertz CT molecular complexity index is 570. The van der Waals surface area contributed by atoms with E-state index in [2.05, 4.69) is 10.8 Å². The topological polar surface area (TPSA) is 70.4 Å². The lowest BCUT2D eigenvalue weighted by Crippen LogP contribution is -2.29. The molecule has 1 aromatic carbocycles. The van der Waals surface area contributed by atoms with Crippen LogP contribution in [0.25, 0.3) is 6.08 Å². The van der Waals surface area contributed by atoms with Gasteiger partial charge in [-0.05, 0) is 30.7 Å². The molecule has 5 nitrogen and oxygen atoms in total. The molecule has 0 spiro atoms. The average molecular weight is 286 g/mol. The van der Waals surface area contributed by atoms with E-state index in [1.165, 1.54) is 18.1 Å². The van der Waals surface area contributed by atoms with Gasteiger partial charge in [0.1, 0.15) is 0 Å². The third-order valence-electron chi connectivity index (χ3n) is 2.89. The molecule has 0 saturated carbocycles. The number of benzene rings is 1. The van der Waals surface area contributed by atoms with E-state index >= 15 is 0 Å². The number of amides is 1. The van der Waals surface area contributed by atoms with Gasteiger partial charge in [-0.25, -0.2) is 4.79 Å². The van der Waals surface area contributed by atoms with Gasteiger partial charge in [-0.15, -0.1) is 0 Å². The van der Waals surface area contributed by atoms with Gasteiger partial charge in [-0.1, -0.05) is 12.1 Å². The normalized spacial score (nSPS) is 11.7. The molecule has 0 aromatic heterocycles. The van der Waals surface area contributed by atoms with Crippen molar-refractivity contribution in [3.8, 4) is 6.07 Å². The maximum Gasteiger partial charge on any atom is 0.337 e. The zero-order valence-corrected chi connectivity index (χ0v) is 12.4. The highest BCUT2D eigenvalue weighted by Gasteiger charge is 2.09. The summed E-state index contributed by atoms with van der Waals surface area (Å²) in [4.78, 5) is 24.6. The summed E-state index contributed by atoms with van der Waals surface area (Å²) >= 11 is 0. The Morgan fingerprint density at radius 2 is 2.00 bits per heavy atom. The highest BCUT2D eigenvalue weighted by molar-refractivity contribution is 5.92. The summed E-state index contributed by atoms with van der Waals surface area (Å²) in [6.07, 6.45) is 3.11. The Balaban J connectivity index is 2.66. The number of methoxy groups -OCH3 is 1. The Kier molecular flexibility index (Phi) is 6.15. The molecular weight excluding hydrogens is 268 g/mol. The van der Waals surface area contributed by atoms with Crippen LogP contribution in [0.1, 0.15) is 22.8 Å². The second-order valence-corrected chi connectivity index (χ2v) is 4.70. The molecule has 21 heavy (non-hydrogen) atoms. The van der Waals surface area contributed by atoms with Crippen molar-refractivity contribution in [2.24, 2.45) is 5.92 Å². The summed E-state index contributed by atoms with van der Waals surface area (Å²) in [6.45, 7) is 2.15. The minimum atomic E-state index is -0.396. The number of hydrogen-bond acceptors (Lipinski definition) is 4. The molecule has 1 amide bonds. The minimum absolute atomic E-state index is 0.172. The number of likely N-dealkylation sites (N-methyl/N-ethyl adjacent to an activating group) is 1. The van der Waals surface area contributed by atoms with Gasteiger partial charge >= 0.3 is 5.97 Å². The highest BCUT2D eigenvalue weighted by atomic mass is 16.5. The van der Waals surface area contributed by atoms with Crippen molar-refractivity contribution in [1.29, 1.82) is 5.26 Å². The predicted octanol–water partition coefficient (Wildman–Crippen LogP) is 2.10. The van der Waals surface area contributed by atoms with Crippen molar-refractivity contribution < 1.29 is 14.3 Å². The molecule has 0 bridgehead atoms. The second kappa shape index (κ2) is 7.85. The summed E-state index contributed by atoms with van der Waals surface area (Å²) in [6, 6.07) is 8.82. The molecule has 0 saturated heterocycles. The Morgan fingerprint density at radius 3 is 2.52 bits per heavy atom. The van der Waals surface area contributed by atoms with Gasteiger partial charge in [0, 0.05) is 19.7 Å². The number of carbonyl (C=O) groups excluding carboxylic acids is 2. The minimum Gasteiger partial charge on any atom is -0.465 e. The average Bonchev–Trinajstić information content (AvgIpc) is 2.51. The van der Waals surface area contributed by atoms with E-state index in [1.54, 1.807) is 44.3 Å². The van der Waals surface area contributed by atoms with Gasteiger partial charge < -0.3 is 9.64 Å². The molecule has 0 aliphatic rings. The van der Waals surface area contributed by atoms with Crippen molar-refractivity contribution >= 4 is 18.0 Å². The number of nitrogens with zero attached hydrogens (tertiary/aromatic N) is 2. The van der Waals surface area contributed by atoms with E-state index in [4.69, 9.17) is 5.26 Å². The van der Waals surface area contributed by atoms with Crippen LogP contribution in [0.3, 0.4) is 0 Å². The second-order valence-electron chi connectivity index (χ2n) is 4.70. The summed E-state index contributed by atoms with van der Waals surface area (Å²) in [7, 11) is 2.98. The fourth-order valence-electron chi connectivity index (χ4n) is 1.68. The number of nitriles is 1. The molecular formula is C16H18N2O3. The summed E-state index contributed by atoms with van der Waals surface area (Å²) in [5.74, 6) is -0.771. The van der Waals surface area contributed by atoms with Gasteiger partial charge in [-0.3, -0.25) is 4.79 Å². The lowest BCUT2D eigenvalue weighted by molar-refractivity contribution is -0.125. The largest absolute Gasteiger partial charge is 0.465 e. The van der Waals surface area contributed by atoms with Gasteiger partial charge in [-0.2, -0.15) is 5.26 Å². The van der Waals surface area contributed by atoms with Gasteiger partial charge in [0.15, 0.2) is 0 Å². The van der Waals surface area contributed by atoms with E-state index in [0.717, 1.165) is 5.56 Å². The number of rotatable bonds is 5. The van der Waals surface area contributed by atoms with Crippen LogP contribution >= 0.6 is 0 Å². The first-order chi connectivity index (χ1) is 9.97. The van der Waals surface area contributed by atoms with Crippen LogP contribution in [0, 0.1) is 17.2 Å². The molecule has 110 valence electrons. The van der Waals surface area contributed by atoms with Gasteiger partial charge in [0.25, 0.3) is 0 Å². The molecule has 0 fully saturated rings. The van der Waals surface area contributed by atoms with Crippen LogP contribution in [-0.2, 0) is 9.53 Å². The monoisotopic (exact) mass is 286 g/mol. The molecule has 1 atom stereocenters. The molecule has 0 radical (unpaired) electrons. The predicted molar refractivity (Wildman–Crippen MR) is 79.2 cm³/mol.